The van der Waals surface area contributed by atoms with Crippen LogP contribution in [0.4, 0.5) is 0 Å². The zero-order valence-corrected chi connectivity index (χ0v) is 13.7. The number of benzene rings is 3. The van der Waals surface area contributed by atoms with Gasteiger partial charge in [0.1, 0.15) is 5.75 Å². The molecule has 0 bridgehead atoms. The van der Waals surface area contributed by atoms with Gasteiger partial charge in [-0.2, -0.15) is 0 Å². The van der Waals surface area contributed by atoms with Gasteiger partial charge in [0.25, 0.3) is 0 Å². The summed E-state index contributed by atoms with van der Waals surface area (Å²) in [7, 11) is 1.37. The molecule has 0 aliphatic rings. The van der Waals surface area contributed by atoms with E-state index in [2.05, 4.69) is 4.98 Å². The van der Waals surface area contributed by atoms with E-state index in [1.807, 2.05) is 54.6 Å². The molecule has 0 amide bonds. The van der Waals surface area contributed by atoms with Crippen LogP contribution in [-0.2, 0) is 11.2 Å². The first-order valence-corrected chi connectivity index (χ1v) is 8.06. The van der Waals surface area contributed by atoms with Gasteiger partial charge >= 0.3 is 5.97 Å². The molecule has 0 spiro atoms. The van der Waals surface area contributed by atoms with Gasteiger partial charge in [0, 0.05) is 28.3 Å². The van der Waals surface area contributed by atoms with Crippen LogP contribution in [0.5, 0.6) is 5.75 Å². The molecule has 0 aliphatic heterocycles. The van der Waals surface area contributed by atoms with Crippen molar-refractivity contribution in [2.45, 2.75) is 6.42 Å². The monoisotopic (exact) mass is 331 g/mol. The Hall–Kier alpha value is -3.27. The van der Waals surface area contributed by atoms with Gasteiger partial charge < -0.3 is 14.8 Å². The Balaban J connectivity index is 2.01. The first kappa shape index (κ1) is 15.3. The molecule has 1 heterocycles. The number of methoxy groups -OCH3 is 1. The van der Waals surface area contributed by atoms with Crippen molar-refractivity contribution in [1.29, 1.82) is 0 Å². The smallest absolute Gasteiger partial charge is 0.340 e. The molecule has 4 rings (SSSR count). The molecule has 0 radical (unpaired) electrons. The molecule has 25 heavy (non-hydrogen) atoms. The quantitative estimate of drug-likeness (QED) is 0.547. The highest BCUT2D eigenvalue weighted by Crippen LogP contribution is 2.36. The molecule has 4 heteroatoms. The summed E-state index contributed by atoms with van der Waals surface area (Å²) in [4.78, 5) is 15.8. The Labute approximate surface area is 144 Å². The van der Waals surface area contributed by atoms with Crippen molar-refractivity contribution in [1.82, 2.24) is 4.98 Å². The molecule has 0 fully saturated rings. The fourth-order valence-corrected chi connectivity index (χ4v) is 3.33. The maximum absolute atomic E-state index is 12.4. The van der Waals surface area contributed by atoms with Crippen LogP contribution in [0.1, 0.15) is 21.6 Å². The number of H-pyrrole nitrogens is 1. The first-order valence-electron chi connectivity index (χ1n) is 8.06. The highest BCUT2D eigenvalue weighted by Gasteiger charge is 2.21. The molecule has 4 aromatic rings. The maximum atomic E-state index is 12.4. The maximum Gasteiger partial charge on any atom is 0.340 e. The van der Waals surface area contributed by atoms with Crippen LogP contribution in [0.15, 0.2) is 60.7 Å². The van der Waals surface area contributed by atoms with Crippen molar-refractivity contribution in [3.05, 3.63) is 77.5 Å². The van der Waals surface area contributed by atoms with E-state index >= 15 is 0 Å². The van der Waals surface area contributed by atoms with Crippen LogP contribution in [0.2, 0.25) is 0 Å². The molecular formula is C21H17NO3. The Morgan fingerprint density at radius 1 is 1.00 bits per heavy atom. The molecule has 0 saturated heterocycles. The number of phenols is 1. The third-order valence-electron chi connectivity index (χ3n) is 4.48. The summed E-state index contributed by atoms with van der Waals surface area (Å²) in [5.74, 6) is -0.259. The number of aromatic amines is 1. The molecule has 0 atom stereocenters. The third kappa shape index (κ3) is 2.52. The number of aromatic hydroxyl groups is 1. The lowest BCUT2D eigenvalue weighted by molar-refractivity contribution is 0.0602. The second kappa shape index (κ2) is 5.98. The minimum absolute atomic E-state index is 0.151. The Morgan fingerprint density at radius 3 is 2.40 bits per heavy atom. The van der Waals surface area contributed by atoms with Crippen LogP contribution in [0.3, 0.4) is 0 Å². The molecule has 2 N–H and O–H groups in total. The zero-order valence-electron chi connectivity index (χ0n) is 13.7. The Morgan fingerprint density at radius 2 is 1.68 bits per heavy atom. The van der Waals surface area contributed by atoms with E-state index < -0.39 is 5.97 Å². The summed E-state index contributed by atoms with van der Waals surface area (Å²) >= 11 is 0. The average molecular weight is 331 g/mol. The van der Waals surface area contributed by atoms with E-state index in [1.165, 1.54) is 7.11 Å². The Bertz CT molecular complexity index is 1080. The van der Waals surface area contributed by atoms with Crippen LogP contribution < -0.4 is 0 Å². The van der Waals surface area contributed by atoms with E-state index in [1.54, 1.807) is 6.07 Å². The van der Waals surface area contributed by atoms with Gasteiger partial charge in [-0.3, -0.25) is 0 Å². The molecule has 0 unspecified atom stereocenters. The van der Waals surface area contributed by atoms with Gasteiger partial charge in [-0.1, -0.05) is 54.6 Å². The summed E-state index contributed by atoms with van der Waals surface area (Å²) in [6.45, 7) is 0. The zero-order chi connectivity index (χ0) is 17.4. The van der Waals surface area contributed by atoms with E-state index in [-0.39, 0.29) is 5.75 Å². The predicted molar refractivity (Wildman–Crippen MR) is 98.1 cm³/mol. The van der Waals surface area contributed by atoms with E-state index in [9.17, 15) is 9.90 Å². The number of rotatable bonds is 3. The van der Waals surface area contributed by atoms with Crippen LogP contribution >= 0.6 is 0 Å². The largest absolute Gasteiger partial charge is 0.507 e. The molecule has 124 valence electrons. The van der Waals surface area contributed by atoms with Gasteiger partial charge in [0.05, 0.1) is 18.2 Å². The van der Waals surface area contributed by atoms with E-state index in [0.29, 0.717) is 17.4 Å². The van der Waals surface area contributed by atoms with Crippen molar-refractivity contribution >= 4 is 27.6 Å². The van der Waals surface area contributed by atoms with Crippen molar-refractivity contribution < 1.29 is 14.6 Å². The second-order valence-corrected chi connectivity index (χ2v) is 6.00. The van der Waals surface area contributed by atoms with E-state index in [0.717, 1.165) is 27.5 Å². The van der Waals surface area contributed by atoms with Gasteiger partial charge in [-0.05, 0) is 11.6 Å². The molecule has 3 aromatic carbocycles. The van der Waals surface area contributed by atoms with Crippen LogP contribution in [-0.4, -0.2) is 23.2 Å². The summed E-state index contributed by atoms with van der Waals surface area (Å²) < 4.78 is 4.99. The highest BCUT2D eigenvalue weighted by atomic mass is 16.5. The highest BCUT2D eigenvalue weighted by molar-refractivity contribution is 6.15. The Kier molecular flexibility index (Phi) is 3.65. The fourth-order valence-electron chi connectivity index (χ4n) is 3.33. The number of nitrogens with one attached hydrogen (secondary N) is 1. The third-order valence-corrected chi connectivity index (χ3v) is 4.48. The predicted octanol–water partition coefficient (Wildman–Crippen LogP) is 4.40. The lowest BCUT2D eigenvalue weighted by Crippen LogP contribution is -2.05. The molecular weight excluding hydrogens is 314 g/mol. The lowest BCUT2D eigenvalue weighted by atomic mass is 10.0. The summed E-state index contributed by atoms with van der Waals surface area (Å²) in [6.07, 6.45) is 0.578. The van der Waals surface area contributed by atoms with Gasteiger partial charge in [-0.25, -0.2) is 4.79 Å². The van der Waals surface area contributed by atoms with Crippen molar-refractivity contribution in [2.75, 3.05) is 7.11 Å². The van der Waals surface area contributed by atoms with E-state index in [4.69, 9.17) is 4.74 Å². The number of esters is 1. The van der Waals surface area contributed by atoms with Crippen molar-refractivity contribution in [3.8, 4) is 5.75 Å². The van der Waals surface area contributed by atoms with Crippen LogP contribution in [0, 0.1) is 0 Å². The average Bonchev–Trinajstić information content (AvgIpc) is 3.00. The number of hydrogen-bond acceptors (Lipinski definition) is 3. The standard InChI is InChI=1S/C21H17NO3/c1-25-21(24)19-16-12-18(23)14-9-5-6-10-15(14)20(16)22-17(19)11-13-7-3-2-4-8-13/h2-10,12,22-23H,11H2,1H3. The number of fused-ring (bicyclic) bond motifs is 3. The molecule has 0 saturated carbocycles. The number of carbonyl (C=O) groups is 1. The van der Waals surface area contributed by atoms with Crippen LogP contribution in [0.25, 0.3) is 21.7 Å². The number of ether oxygens (including phenoxy) is 1. The van der Waals surface area contributed by atoms with Gasteiger partial charge in [-0.15, -0.1) is 0 Å². The topological polar surface area (TPSA) is 62.3 Å². The summed E-state index contributed by atoms with van der Waals surface area (Å²) in [5.41, 5.74) is 3.18. The molecule has 4 nitrogen and oxygen atoms in total. The summed E-state index contributed by atoms with van der Waals surface area (Å²) in [6, 6.07) is 19.1. The number of hydrogen-bond donors (Lipinski definition) is 2. The SMILES string of the molecule is COC(=O)c1c(Cc2ccccc2)[nH]c2c1cc(O)c1ccccc12. The van der Waals surface area contributed by atoms with Gasteiger partial charge in [0.2, 0.25) is 0 Å². The van der Waals surface area contributed by atoms with Crippen molar-refractivity contribution in [3.63, 3.8) is 0 Å². The number of carbonyl (C=O) groups excluding carboxylic acids is 1. The van der Waals surface area contributed by atoms with Gasteiger partial charge in [0.15, 0.2) is 0 Å². The fraction of sp³-hybridized carbons (Fsp3) is 0.0952. The number of phenolic OH excluding ortho intramolecular Hbond substituents is 1. The summed E-state index contributed by atoms with van der Waals surface area (Å²) in [5, 5.41) is 12.7. The second-order valence-electron chi connectivity index (χ2n) is 6.00. The molecule has 1 aromatic heterocycles. The van der Waals surface area contributed by atoms with Crippen molar-refractivity contribution in [2.24, 2.45) is 0 Å². The normalized spacial score (nSPS) is 11.1. The lowest BCUT2D eigenvalue weighted by Gasteiger charge is -2.04. The first-order chi connectivity index (χ1) is 12.2. The minimum Gasteiger partial charge on any atom is -0.507 e. The minimum atomic E-state index is -0.410. The number of aromatic nitrogens is 1. The molecule has 0 aliphatic carbocycles.